The highest BCUT2D eigenvalue weighted by Gasteiger charge is 2.17. The van der Waals surface area contributed by atoms with Gasteiger partial charge in [-0.05, 0) is 31.0 Å². The van der Waals surface area contributed by atoms with Gasteiger partial charge in [-0.2, -0.15) is 0 Å². The van der Waals surface area contributed by atoms with E-state index in [2.05, 4.69) is 11.7 Å². The molecule has 1 fully saturated rings. The number of hydrogen-bond acceptors (Lipinski definition) is 3. The van der Waals surface area contributed by atoms with E-state index in [0.717, 1.165) is 5.69 Å². The second kappa shape index (κ2) is 4.90. The van der Waals surface area contributed by atoms with Gasteiger partial charge in [-0.1, -0.05) is 0 Å². The zero-order valence-corrected chi connectivity index (χ0v) is 9.06. The predicted octanol–water partition coefficient (Wildman–Crippen LogP) is 1.49. The average molecular weight is 218 g/mol. The quantitative estimate of drug-likeness (QED) is 0.706. The molecule has 1 aliphatic rings. The van der Waals surface area contributed by atoms with Crippen LogP contribution in [0, 0.1) is 0 Å². The Kier molecular flexibility index (Phi) is 3.31. The SMILES string of the molecule is C=Nc1ccc(C(=O)N2CCOCC2)cc1. The molecule has 4 nitrogen and oxygen atoms in total. The van der Waals surface area contributed by atoms with Crippen LogP contribution in [0.2, 0.25) is 0 Å². The zero-order chi connectivity index (χ0) is 11.4. The van der Waals surface area contributed by atoms with Crippen LogP contribution in [0.5, 0.6) is 0 Å². The first-order valence-electron chi connectivity index (χ1n) is 5.25. The van der Waals surface area contributed by atoms with Crippen LogP contribution in [-0.4, -0.2) is 43.8 Å². The lowest BCUT2D eigenvalue weighted by Gasteiger charge is -2.26. The molecule has 0 atom stereocenters. The van der Waals surface area contributed by atoms with Gasteiger partial charge in [-0.15, -0.1) is 0 Å². The summed E-state index contributed by atoms with van der Waals surface area (Å²) in [6.07, 6.45) is 0. The molecule has 0 saturated carbocycles. The van der Waals surface area contributed by atoms with Crippen molar-refractivity contribution in [1.29, 1.82) is 0 Å². The number of benzene rings is 1. The zero-order valence-electron chi connectivity index (χ0n) is 9.06. The summed E-state index contributed by atoms with van der Waals surface area (Å²) in [5.74, 6) is 0.0545. The van der Waals surface area contributed by atoms with E-state index in [0.29, 0.717) is 31.9 Å². The fourth-order valence-corrected chi connectivity index (χ4v) is 1.66. The van der Waals surface area contributed by atoms with Crippen LogP contribution >= 0.6 is 0 Å². The second-order valence-electron chi connectivity index (χ2n) is 3.61. The number of rotatable bonds is 2. The second-order valence-corrected chi connectivity index (χ2v) is 3.61. The number of morpholine rings is 1. The molecular formula is C12H14N2O2. The Morgan fingerprint density at radius 2 is 1.88 bits per heavy atom. The van der Waals surface area contributed by atoms with E-state index >= 15 is 0 Å². The molecule has 1 aromatic carbocycles. The largest absolute Gasteiger partial charge is 0.378 e. The van der Waals surface area contributed by atoms with Crippen LogP contribution in [0.3, 0.4) is 0 Å². The van der Waals surface area contributed by atoms with E-state index in [-0.39, 0.29) is 5.91 Å². The smallest absolute Gasteiger partial charge is 0.254 e. The van der Waals surface area contributed by atoms with Crippen molar-refractivity contribution in [3.63, 3.8) is 0 Å². The van der Waals surface area contributed by atoms with Gasteiger partial charge < -0.3 is 9.64 Å². The van der Waals surface area contributed by atoms with Crippen molar-refractivity contribution >= 4 is 18.3 Å². The summed E-state index contributed by atoms with van der Waals surface area (Å²) in [5.41, 5.74) is 1.47. The summed E-state index contributed by atoms with van der Waals surface area (Å²) >= 11 is 0. The van der Waals surface area contributed by atoms with Gasteiger partial charge >= 0.3 is 0 Å². The molecule has 1 amide bonds. The molecule has 0 unspecified atom stereocenters. The topological polar surface area (TPSA) is 41.9 Å². The fourth-order valence-electron chi connectivity index (χ4n) is 1.66. The van der Waals surface area contributed by atoms with Crippen molar-refractivity contribution < 1.29 is 9.53 Å². The molecule has 0 radical (unpaired) electrons. The minimum absolute atomic E-state index is 0.0545. The summed E-state index contributed by atoms with van der Waals surface area (Å²) in [4.78, 5) is 17.6. The Bertz CT molecular complexity index is 381. The van der Waals surface area contributed by atoms with E-state index < -0.39 is 0 Å². The van der Waals surface area contributed by atoms with Crippen LogP contribution in [0.1, 0.15) is 10.4 Å². The third-order valence-electron chi connectivity index (χ3n) is 2.60. The molecule has 16 heavy (non-hydrogen) atoms. The third-order valence-corrected chi connectivity index (χ3v) is 2.60. The summed E-state index contributed by atoms with van der Waals surface area (Å²) in [6, 6.07) is 7.14. The van der Waals surface area contributed by atoms with E-state index in [9.17, 15) is 4.79 Å². The number of carbonyl (C=O) groups excluding carboxylic acids is 1. The van der Waals surface area contributed by atoms with Crippen molar-refractivity contribution in [1.82, 2.24) is 4.90 Å². The molecule has 0 bridgehead atoms. The summed E-state index contributed by atoms with van der Waals surface area (Å²) in [7, 11) is 0. The first-order chi connectivity index (χ1) is 7.81. The van der Waals surface area contributed by atoms with Crippen LogP contribution in [-0.2, 0) is 4.74 Å². The average Bonchev–Trinajstić information content (AvgIpc) is 2.39. The lowest BCUT2D eigenvalue weighted by atomic mass is 10.2. The monoisotopic (exact) mass is 218 g/mol. The van der Waals surface area contributed by atoms with Crippen LogP contribution in [0.4, 0.5) is 5.69 Å². The van der Waals surface area contributed by atoms with Gasteiger partial charge in [0.05, 0.1) is 18.9 Å². The van der Waals surface area contributed by atoms with E-state index in [1.165, 1.54) is 0 Å². The molecule has 84 valence electrons. The van der Waals surface area contributed by atoms with Gasteiger partial charge in [-0.25, -0.2) is 0 Å². The van der Waals surface area contributed by atoms with E-state index in [4.69, 9.17) is 4.74 Å². The molecule has 1 heterocycles. The van der Waals surface area contributed by atoms with Gasteiger partial charge in [-0.3, -0.25) is 9.79 Å². The number of nitrogens with zero attached hydrogens (tertiary/aromatic N) is 2. The molecule has 0 N–H and O–H groups in total. The highest BCUT2D eigenvalue weighted by atomic mass is 16.5. The number of ether oxygens (including phenoxy) is 1. The van der Waals surface area contributed by atoms with E-state index in [1.54, 1.807) is 29.2 Å². The minimum atomic E-state index is 0.0545. The van der Waals surface area contributed by atoms with Crippen LogP contribution < -0.4 is 0 Å². The minimum Gasteiger partial charge on any atom is -0.378 e. The van der Waals surface area contributed by atoms with Crippen molar-refractivity contribution in [2.24, 2.45) is 4.99 Å². The van der Waals surface area contributed by atoms with Gasteiger partial charge in [0.25, 0.3) is 5.91 Å². The molecule has 0 aliphatic carbocycles. The number of carbonyl (C=O) groups is 1. The molecule has 1 aromatic rings. The van der Waals surface area contributed by atoms with Gasteiger partial charge in [0.2, 0.25) is 0 Å². The van der Waals surface area contributed by atoms with Gasteiger partial charge in [0.15, 0.2) is 0 Å². The van der Waals surface area contributed by atoms with Crippen LogP contribution in [0.25, 0.3) is 0 Å². The number of hydrogen-bond donors (Lipinski definition) is 0. The van der Waals surface area contributed by atoms with Crippen molar-refractivity contribution in [3.8, 4) is 0 Å². The van der Waals surface area contributed by atoms with Gasteiger partial charge in [0.1, 0.15) is 0 Å². The Balaban J connectivity index is 2.10. The maximum Gasteiger partial charge on any atom is 0.254 e. The lowest BCUT2D eigenvalue weighted by molar-refractivity contribution is 0.0303. The predicted molar refractivity (Wildman–Crippen MR) is 62.4 cm³/mol. The Morgan fingerprint density at radius 1 is 1.25 bits per heavy atom. The number of aliphatic imine (C=N–C) groups is 1. The first-order valence-corrected chi connectivity index (χ1v) is 5.25. The van der Waals surface area contributed by atoms with Gasteiger partial charge in [0, 0.05) is 18.7 Å². The standard InChI is InChI=1S/C12H14N2O2/c1-13-11-4-2-10(3-5-11)12(15)14-6-8-16-9-7-14/h2-5H,1,6-9H2. The molecule has 4 heteroatoms. The molecule has 1 saturated heterocycles. The third kappa shape index (κ3) is 2.28. The molecule has 2 rings (SSSR count). The Morgan fingerprint density at radius 3 is 2.44 bits per heavy atom. The first kappa shape index (κ1) is 10.8. The molecule has 0 spiro atoms. The Hall–Kier alpha value is -1.68. The maximum atomic E-state index is 12.0. The highest BCUT2D eigenvalue weighted by molar-refractivity contribution is 5.94. The molecule has 0 aromatic heterocycles. The van der Waals surface area contributed by atoms with Crippen LogP contribution in [0.15, 0.2) is 29.3 Å². The summed E-state index contributed by atoms with van der Waals surface area (Å²) < 4.78 is 5.21. The van der Waals surface area contributed by atoms with Crippen molar-refractivity contribution in [2.45, 2.75) is 0 Å². The highest BCUT2D eigenvalue weighted by Crippen LogP contribution is 2.14. The maximum absolute atomic E-state index is 12.0. The molecular weight excluding hydrogens is 204 g/mol. The fraction of sp³-hybridized carbons (Fsp3) is 0.333. The van der Waals surface area contributed by atoms with Crippen molar-refractivity contribution in [3.05, 3.63) is 29.8 Å². The number of amides is 1. The van der Waals surface area contributed by atoms with E-state index in [1.807, 2.05) is 0 Å². The van der Waals surface area contributed by atoms with Crippen molar-refractivity contribution in [2.75, 3.05) is 26.3 Å². The normalized spacial score (nSPS) is 15.9. The summed E-state index contributed by atoms with van der Waals surface area (Å²) in [6.45, 7) is 6.01. The summed E-state index contributed by atoms with van der Waals surface area (Å²) in [5, 5.41) is 0. The lowest BCUT2D eigenvalue weighted by Crippen LogP contribution is -2.40. The molecule has 1 aliphatic heterocycles. The Labute approximate surface area is 94.5 Å².